The van der Waals surface area contributed by atoms with Crippen LogP contribution >= 0.6 is 11.6 Å². The van der Waals surface area contributed by atoms with E-state index in [0.29, 0.717) is 21.7 Å². The van der Waals surface area contributed by atoms with E-state index in [0.717, 1.165) is 10.1 Å². The summed E-state index contributed by atoms with van der Waals surface area (Å²) in [4.78, 5) is 36.2. The molecule has 30 heavy (non-hydrogen) atoms. The van der Waals surface area contributed by atoms with Crippen LogP contribution in [0.15, 0.2) is 50.9 Å². The van der Waals surface area contributed by atoms with Crippen LogP contribution in [0.4, 0.5) is 5.69 Å². The first-order valence-corrected chi connectivity index (χ1v) is 11.0. The van der Waals surface area contributed by atoms with Gasteiger partial charge in [0, 0.05) is 31.2 Å². The van der Waals surface area contributed by atoms with Crippen LogP contribution in [0, 0.1) is 6.92 Å². The van der Waals surface area contributed by atoms with Gasteiger partial charge in [-0.2, -0.15) is 0 Å². The highest BCUT2D eigenvalue weighted by Gasteiger charge is 2.19. The van der Waals surface area contributed by atoms with E-state index in [1.807, 2.05) is 0 Å². The Morgan fingerprint density at radius 1 is 1.00 bits per heavy atom. The quantitative estimate of drug-likeness (QED) is 0.599. The maximum atomic E-state index is 12.7. The second-order valence-corrected chi connectivity index (χ2v) is 9.50. The van der Waals surface area contributed by atoms with E-state index in [1.54, 1.807) is 25.1 Å². The van der Waals surface area contributed by atoms with Crippen molar-refractivity contribution in [3.8, 4) is 0 Å². The maximum absolute atomic E-state index is 12.7. The molecule has 3 aromatic rings. The van der Waals surface area contributed by atoms with E-state index >= 15 is 0 Å². The zero-order valence-corrected chi connectivity index (χ0v) is 18.2. The van der Waals surface area contributed by atoms with Gasteiger partial charge in [0.1, 0.15) is 0 Å². The van der Waals surface area contributed by atoms with E-state index in [-0.39, 0.29) is 11.3 Å². The van der Waals surface area contributed by atoms with Crippen LogP contribution in [0.2, 0.25) is 5.02 Å². The molecule has 0 spiro atoms. The van der Waals surface area contributed by atoms with Gasteiger partial charge < -0.3 is 14.5 Å². The molecule has 0 aliphatic heterocycles. The molecule has 1 aromatic heterocycles. The molecule has 158 valence electrons. The zero-order valence-electron chi connectivity index (χ0n) is 16.6. The van der Waals surface area contributed by atoms with Gasteiger partial charge in [-0.15, -0.1) is 0 Å². The summed E-state index contributed by atoms with van der Waals surface area (Å²) in [6.07, 6.45) is -0.251. The number of carbonyl (C=O) groups is 1. The number of aromatic nitrogens is 2. The monoisotopic (exact) mass is 449 g/mol. The summed E-state index contributed by atoms with van der Waals surface area (Å²) in [5.41, 5.74) is 0.602. The molecule has 1 amide bonds. The fourth-order valence-corrected chi connectivity index (χ4v) is 4.47. The number of fused-ring (bicyclic) bond motifs is 1. The Labute approximate surface area is 177 Å². The number of hydrogen-bond acceptors (Lipinski definition) is 5. The average Bonchev–Trinajstić information content (AvgIpc) is 2.71. The minimum absolute atomic E-state index is 0.0321. The lowest BCUT2D eigenvalue weighted by molar-refractivity contribution is -0.115. The molecule has 0 unspecified atom stereocenters. The highest BCUT2D eigenvalue weighted by Crippen LogP contribution is 2.21. The van der Waals surface area contributed by atoms with Crippen LogP contribution in [0.1, 0.15) is 12.0 Å². The molecule has 0 radical (unpaired) electrons. The van der Waals surface area contributed by atoms with Crippen LogP contribution in [0.5, 0.6) is 0 Å². The third-order valence-corrected chi connectivity index (χ3v) is 6.84. The number of benzene rings is 2. The van der Waals surface area contributed by atoms with E-state index in [4.69, 9.17) is 11.6 Å². The van der Waals surface area contributed by atoms with Gasteiger partial charge in [-0.1, -0.05) is 17.7 Å². The number of rotatable bonds is 5. The lowest BCUT2D eigenvalue weighted by atomic mass is 10.2. The second-order valence-electron chi connectivity index (χ2n) is 6.96. The lowest BCUT2D eigenvalue weighted by Crippen LogP contribution is -2.39. The molecule has 8 nitrogen and oxygen atoms in total. The van der Waals surface area contributed by atoms with Crippen molar-refractivity contribution in [3.05, 3.63) is 67.7 Å². The van der Waals surface area contributed by atoms with Gasteiger partial charge in [0.15, 0.2) is 9.84 Å². The van der Waals surface area contributed by atoms with Crippen LogP contribution in [-0.4, -0.2) is 29.2 Å². The van der Waals surface area contributed by atoms with E-state index < -0.39 is 32.6 Å². The average molecular weight is 450 g/mol. The van der Waals surface area contributed by atoms with E-state index in [1.165, 1.54) is 36.9 Å². The molecule has 0 fully saturated rings. The van der Waals surface area contributed by atoms with Gasteiger partial charge in [-0.3, -0.25) is 14.4 Å². The highest BCUT2D eigenvalue weighted by atomic mass is 35.5. The lowest BCUT2D eigenvalue weighted by Gasteiger charge is -2.11. The van der Waals surface area contributed by atoms with Crippen molar-refractivity contribution < 1.29 is 13.2 Å². The van der Waals surface area contributed by atoms with Crippen LogP contribution in [-0.2, 0) is 28.7 Å². The van der Waals surface area contributed by atoms with Crippen molar-refractivity contribution in [2.75, 3.05) is 11.1 Å². The van der Waals surface area contributed by atoms with Crippen molar-refractivity contribution >= 4 is 44.1 Å². The smallest absolute Gasteiger partial charge is 0.316 e. The van der Waals surface area contributed by atoms with Crippen LogP contribution in [0.25, 0.3) is 11.0 Å². The summed E-state index contributed by atoms with van der Waals surface area (Å²) < 4.78 is 27.8. The molecule has 0 saturated heterocycles. The number of carbonyl (C=O) groups excluding carboxylic acids is 1. The Bertz CT molecular complexity index is 1390. The third kappa shape index (κ3) is 4.17. The number of nitrogens with zero attached hydrogens (tertiary/aromatic N) is 2. The SMILES string of the molecule is Cc1ccc(Cl)cc1NC(=O)CCS(=O)(=O)c1ccc2c(c1)n(C)c(=O)c(=O)n2C. The molecular weight excluding hydrogens is 430 g/mol. The Kier molecular flexibility index (Phi) is 5.87. The third-order valence-electron chi connectivity index (χ3n) is 4.89. The number of halogens is 1. The Morgan fingerprint density at radius 2 is 1.63 bits per heavy atom. The number of nitrogens with one attached hydrogen (secondary N) is 1. The van der Waals surface area contributed by atoms with Crippen LogP contribution in [0.3, 0.4) is 0 Å². The van der Waals surface area contributed by atoms with Crippen molar-refractivity contribution in [3.63, 3.8) is 0 Å². The molecule has 0 aliphatic carbocycles. The summed E-state index contributed by atoms with van der Waals surface area (Å²) in [6.45, 7) is 1.80. The second kappa shape index (κ2) is 8.08. The first-order valence-electron chi connectivity index (χ1n) is 9.00. The first kappa shape index (κ1) is 21.8. The fraction of sp³-hybridized carbons (Fsp3) is 0.250. The standard InChI is InChI=1S/C20H20ClN3O5S/c1-12-4-5-13(21)10-15(12)22-18(25)8-9-30(28,29)14-6-7-16-17(11-14)24(3)20(27)19(26)23(16)2/h4-7,10-11H,8-9H2,1-3H3,(H,22,25). The fourth-order valence-electron chi connectivity index (χ4n) is 3.04. The molecule has 2 aromatic carbocycles. The van der Waals surface area contributed by atoms with Crippen molar-refractivity contribution in [1.29, 1.82) is 0 Å². The van der Waals surface area contributed by atoms with Gasteiger partial charge in [0.05, 0.1) is 21.7 Å². The van der Waals surface area contributed by atoms with Gasteiger partial charge >= 0.3 is 11.1 Å². The molecule has 0 bridgehead atoms. The highest BCUT2D eigenvalue weighted by molar-refractivity contribution is 7.91. The first-order chi connectivity index (χ1) is 14.0. The Balaban J connectivity index is 1.84. The van der Waals surface area contributed by atoms with Gasteiger partial charge in [-0.25, -0.2) is 8.42 Å². The molecule has 1 N–H and O–H groups in total. The number of aryl methyl sites for hydroxylation is 3. The van der Waals surface area contributed by atoms with E-state index in [2.05, 4.69) is 5.32 Å². The predicted octanol–water partition coefficient (Wildman–Crippen LogP) is 2.00. The van der Waals surface area contributed by atoms with E-state index in [9.17, 15) is 22.8 Å². The zero-order chi connectivity index (χ0) is 22.2. The number of amides is 1. The summed E-state index contributed by atoms with van der Waals surface area (Å²) in [7, 11) is -0.947. The molecule has 10 heteroatoms. The van der Waals surface area contributed by atoms with Crippen molar-refractivity contribution in [1.82, 2.24) is 9.13 Å². The largest absolute Gasteiger partial charge is 0.326 e. The Hall–Kier alpha value is -2.91. The number of anilines is 1. The Morgan fingerprint density at radius 3 is 2.30 bits per heavy atom. The van der Waals surface area contributed by atoms with Crippen molar-refractivity contribution in [2.45, 2.75) is 18.2 Å². The summed E-state index contributed by atoms with van der Waals surface area (Å²) in [6, 6.07) is 9.21. The molecule has 0 aliphatic rings. The summed E-state index contributed by atoms with van der Waals surface area (Å²) in [5, 5.41) is 3.12. The van der Waals surface area contributed by atoms with Gasteiger partial charge in [-0.05, 0) is 42.8 Å². The molecular formula is C20H20ClN3O5S. The van der Waals surface area contributed by atoms with Crippen molar-refractivity contribution in [2.24, 2.45) is 14.1 Å². The molecule has 0 saturated carbocycles. The molecule has 0 atom stereocenters. The minimum atomic E-state index is -3.80. The number of sulfone groups is 1. The predicted molar refractivity (Wildman–Crippen MR) is 116 cm³/mol. The summed E-state index contributed by atoms with van der Waals surface area (Å²) >= 11 is 5.93. The van der Waals surface area contributed by atoms with Gasteiger partial charge in [0.25, 0.3) is 0 Å². The number of hydrogen-bond donors (Lipinski definition) is 1. The normalized spacial score (nSPS) is 11.6. The molecule has 3 rings (SSSR count). The topological polar surface area (TPSA) is 107 Å². The van der Waals surface area contributed by atoms with Crippen LogP contribution < -0.4 is 16.4 Å². The minimum Gasteiger partial charge on any atom is -0.326 e. The maximum Gasteiger partial charge on any atom is 0.316 e. The summed E-state index contributed by atoms with van der Waals surface area (Å²) in [5.74, 6) is -0.872. The molecule has 1 heterocycles. The van der Waals surface area contributed by atoms with Gasteiger partial charge in [0.2, 0.25) is 5.91 Å².